The normalized spacial score (nSPS) is 11.7. The lowest BCUT2D eigenvalue weighted by atomic mass is 10.1. The van der Waals surface area contributed by atoms with Gasteiger partial charge in [0.15, 0.2) is 0 Å². The van der Waals surface area contributed by atoms with Crippen LogP contribution in [0.25, 0.3) is 0 Å². The second kappa shape index (κ2) is 9.92. The summed E-state index contributed by atoms with van der Waals surface area (Å²) in [5.74, 6) is 0. The number of unbranched alkanes of at least 4 members (excludes halogenated alkanes) is 5. The van der Waals surface area contributed by atoms with Gasteiger partial charge in [0.2, 0.25) is 10.0 Å². The summed E-state index contributed by atoms with van der Waals surface area (Å²) in [6.45, 7) is 3.26. The van der Waals surface area contributed by atoms with Gasteiger partial charge < -0.3 is 5.32 Å². The Bertz CT molecular complexity index is 501. The van der Waals surface area contributed by atoms with Gasteiger partial charge >= 0.3 is 0 Å². The molecule has 0 unspecified atom stereocenters. The Balaban J connectivity index is 2.46. The molecule has 0 atom stereocenters. The zero-order valence-electron chi connectivity index (χ0n) is 13.2. The fourth-order valence-electron chi connectivity index (χ4n) is 2.29. The standard InChI is InChI=1S/C16H28N2O2S/c1-3-4-5-6-7-10-13-18-21(19,20)16-12-9-8-11-15(16)14-17-2/h8-9,11-12,17-18H,3-7,10,13-14H2,1-2H3. The zero-order valence-corrected chi connectivity index (χ0v) is 14.0. The summed E-state index contributed by atoms with van der Waals surface area (Å²) in [7, 11) is -1.59. The van der Waals surface area contributed by atoms with Crippen LogP contribution in [0.3, 0.4) is 0 Å². The van der Waals surface area contributed by atoms with Gasteiger partial charge in [-0.05, 0) is 25.1 Å². The van der Waals surface area contributed by atoms with Gasteiger partial charge in [-0.15, -0.1) is 0 Å². The number of nitrogens with one attached hydrogen (secondary N) is 2. The summed E-state index contributed by atoms with van der Waals surface area (Å²) in [5.41, 5.74) is 0.801. The molecule has 0 saturated heterocycles. The molecule has 5 heteroatoms. The molecule has 0 fully saturated rings. The fraction of sp³-hybridized carbons (Fsp3) is 0.625. The Labute approximate surface area is 129 Å². The van der Waals surface area contributed by atoms with Crippen LogP contribution in [-0.2, 0) is 16.6 Å². The molecule has 1 aromatic carbocycles. The minimum Gasteiger partial charge on any atom is -0.316 e. The van der Waals surface area contributed by atoms with Gasteiger partial charge in [-0.1, -0.05) is 57.2 Å². The van der Waals surface area contributed by atoms with E-state index >= 15 is 0 Å². The summed E-state index contributed by atoms with van der Waals surface area (Å²) in [5, 5.41) is 3.00. The Morgan fingerprint density at radius 1 is 1.00 bits per heavy atom. The highest BCUT2D eigenvalue weighted by molar-refractivity contribution is 7.89. The molecule has 2 N–H and O–H groups in total. The number of sulfonamides is 1. The third kappa shape index (κ3) is 6.59. The van der Waals surface area contributed by atoms with Crippen LogP contribution in [0.4, 0.5) is 0 Å². The molecule has 0 amide bonds. The van der Waals surface area contributed by atoms with E-state index in [1.807, 2.05) is 19.2 Å². The van der Waals surface area contributed by atoms with Crippen molar-refractivity contribution >= 4 is 10.0 Å². The highest BCUT2D eigenvalue weighted by atomic mass is 32.2. The lowest BCUT2D eigenvalue weighted by Crippen LogP contribution is -2.26. The second-order valence-corrected chi connectivity index (χ2v) is 7.04. The highest BCUT2D eigenvalue weighted by Crippen LogP contribution is 2.15. The van der Waals surface area contributed by atoms with E-state index in [9.17, 15) is 8.42 Å². The van der Waals surface area contributed by atoms with E-state index in [0.717, 1.165) is 18.4 Å². The van der Waals surface area contributed by atoms with E-state index in [4.69, 9.17) is 0 Å². The van der Waals surface area contributed by atoms with Gasteiger partial charge in [-0.25, -0.2) is 13.1 Å². The molecular formula is C16H28N2O2S. The minimum atomic E-state index is -3.40. The quantitative estimate of drug-likeness (QED) is 0.617. The van der Waals surface area contributed by atoms with E-state index in [1.165, 1.54) is 25.7 Å². The van der Waals surface area contributed by atoms with Crippen LogP contribution in [0, 0.1) is 0 Å². The van der Waals surface area contributed by atoms with Crippen molar-refractivity contribution in [2.75, 3.05) is 13.6 Å². The van der Waals surface area contributed by atoms with Crippen LogP contribution in [0.15, 0.2) is 29.2 Å². The number of benzene rings is 1. The van der Waals surface area contributed by atoms with E-state index in [2.05, 4.69) is 17.0 Å². The molecule has 1 rings (SSSR count). The van der Waals surface area contributed by atoms with Crippen LogP contribution < -0.4 is 10.0 Å². The Morgan fingerprint density at radius 3 is 2.38 bits per heavy atom. The predicted molar refractivity (Wildman–Crippen MR) is 87.8 cm³/mol. The van der Waals surface area contributed by atoms with E-state index in [-0.39, 0.29) is 0 Å². The molecule has 120 valence electrons. The Kier molecular flexibility index (Phi) is 8.57. The molecule has 0 aliphatic heterocycles. The van der Waals surface area contributed by atoms with Crippen molar-refractivity contribution in [1.82, 2.24) is 10.0 Å². The van der Waals surface area contributed by atoms with Crippen LogP contribution in [0.5, 0.6) is 0 Å². The van der Waals surface area contributed by atoms with Crippen LogP contribution in [0.2, 0.25) is 0 Å². The molecular weight excluding hydrogens is 284 g/mol. The first-order chi connectivity index (χ1) is 10.1. The largest absolute Gasteiger partial charge is 0.316 e. The van der Waals surface area contributed by atoms with Gasteiger partial charge in [-0.2, -0.15) is 0 Å². The number of hydrogen-bond acceptors (Lipinski definition) is 3. The smallest absolute Gasteiger partial charge is 0.240 e. The molecule has 0 heterocycles. The summed E-state index contributed by atoms with van der Waals surface area (Å²) in [6.07, 6.45) is 6.91. The molecule has 1 aromatic rings. The van der Waals surface area contributed by atoms with Gasteiger partial charge in [-0.3, -0.25) is 0 Å². The SMILES string of the molecule is CCCCCCCCNS(=O)(=O)c1ccccc1CNC. The van der Waals surface area contributed by atoms with Crippen molar-refractivity contribution in [3.63, 3.8) is 0 Å². The Morgan fingerprint density at radius 2 is 1.67 bits per heavy atom. The van der Waals surface area contributed by atoms with Gasteiger partial charge in [0, 0.05) is 13.1 Å². The topological polar surface area (TPSA) is 58.2 Å². The molecule has 0 aliphatic rings. The average Bonchev–Trinajstić information content (AvgIpc) is 2.47. The van der Waals surface area contributed by atoms with E-state index < -0.39 is 10.0 Å². The first kappa shape index (κ1) is 18.1. The van der Waals surface area contributed by atoms with Crippen molar-refractivity contribution < 1.29 is 8.42 Å². The molecule has 0 saturated carbocycles. The van der Waals surface area contributed by atoms with Crippen LogP contribution >= 0.6 is 0 Å². The number of rotatable bonds is 11. The lowest BCUT2D eigenvalue weighted by molar-refractivity contribution is 0.566. The Hall–Kier alpha value is -0.910. The van der Waals surface area contributed by atoms with E-state index in [0.29, 0.717) is 18.0 Å². The maximum Gasteiger partial charge on any atom is 0.240 e. The third-order valence-electron chi connectivity index (χ3n) is 3.45. The number of hydrogen-bond donors (Lipinski definition) is 2. The van der Waals surface area contributed by atoms with Crippen molar-refractivity contribution in [2.45, 2.75) is 56.9 Å². The van der Waals surface area contributed by atoms with Crippen molar-refractivity contribution in [3.05, 3.63) is 29.8 Å². The van der Waals surface area contributed by atoms with Gasteiger partial charge in [0.25, 0.3) is 0 Å². The van der Waals surface area contributed by atoms with E-state index in [1.54, 1.807) is 12.1 Å². The summed E-state index contributed by atoms with van der Waals surface area (Å²) < 4.78 is 27.4. The molecule has 4 nitrogen and oxygen atoms in total. The van der Waals surface area contributed by atoms with Crippen LogP contribution in [-0.4, -0.2) is 22.0 Å². The van der Waals surface area contributed by atoms with Gasteiger partial charge in [0.1, 0.15) is 0 Å². The first-order valence-corrected chi connectivity index (χ1v) is 9.32. The van der Waals surface area contributed by atoms with Crippen molar-refractivity contribution in [1.29, 1.82) is 0 Å². The summed E-state index contributed by atoms with van der Waals surface area (Å²) >= 11 is 0. The molecule has 0 bridgehead atoms. The maximum absolute atomic E-state index is 12.3. The zero-order chi connectivity index (χ0) is 15.6. The van der Waals surface area contributed by atoms with Crippen molar-refractivity contribution in [3.8, 4) is 0 Å². The van der Waals surface area contributed by atoms with Crippen LogP contribution in [0.1, 0.15) is 51.0 Å². The summed E-state index contributed by atoms with van der Waals surface area (Å²) in [4.78, 5) is 0.380. The highest BCUT2D eigenvalue weighted by Gasteiger charge is 2.16. The predicted octanol–water partition coefficient (Wildman–Crippen LogP) is 3.04. The molecule has 21 heavy (non-hydrogen) atoms. The monoisotopic (exact) mass is 312 g/mol. The van der Waals surface area contributed by atoms with Crippen molar-refractivity contribution in [2.24, 2.45) is 0 Å². The molecule has 0 aliphatic carbocycles. The molecule has 0 radical (unpaired) electrons. The second-order valence-electron chi connectivity index (χ2n) is 5.30. The third-order valence-corrected chi connectivity index (χ3v) is 5.01. The molecule has 0 aromatic heterocycles. The molecule has 0 spiro atoms. The fourth-order valence-corrected chi connectivity index (χ4v) is 3.60. The summed E-state index contributed by atoms with van der Waals surface area (Å²) in [6, 6.07) is 7.13. The minimum absolute atomic E-state index is 0.380. The maximum atomic E-state index is 12.3. The first-order valence-electron chi connectivity index (χ1n) is 7.84. The lowest BCUT2D eigenvalue weighted by Gasteiger charge is -2.11. The average molecular weight is 312 g/mol. The van der Waals surface area contributed by atoms with Gasteiger partial charge in [0.05, 0.1) is 4.90 Å².